The first-order valence-corrected chi connectivity index (χ1v) is 7.06. The zero-order valence-corrected chi connectivity index (χ0v) is 13.5. The molecule has 0 aliphatic carbocycles. The van der Waals surface area contributed by atoms with E-state index in [-0.39, 0.29) is 24.7 Å². The molecule has 0 aromatic heterocycles. The van der Waals surface area contributed by atoms with Crippen LogP contribution in [0.5, 0.6) is 0 Å². The van der Waals surface area contributed by atoms with Gasteiger partial charge in [-0.05, 0) is 18.3 Å². The van der Waals surface area contributed by atoms with Crippen LogP contribution in [0.1, 0.15) is 47.0 Å². The molecule has 0 aliphatic rings. The highest BCUT2D eigenvalue weighted by Gasteiger charge is 2.13. The molecule has 0 amide bonds. The van der Waals surface area contributed by atoms with Crippen LogP contribution in [0, 0.1) is 40.4 Å². The molecule has 0 aromatic carbocycles. The Morgan fingerprint density at radius 1 is 1.09 bits per heavy atom. The first-order chi connectivity index (χ1) is 10.1. The molecular weight excluding hydrogens is 284 g/mol. The number of aliphatic carboxylic acids is 2. The molecule has 0 saturated heterocycles. The van der Waals surface area contributed by atoms with Crippen molar-refractivity contribution < 1.29 is 19.8 Å². The highest BCUT2D eigenvalue weighted by molar-refractivity contribution is 5.71. The molecule has 0 fully saturated rings. The fraction of sp³-hybridized carbons (Fsp3) is 0.625. The van der Waals surface area contributed by atoms with Crippen LogP contribution < -0.4 is 0 Å². The summed E-state index contributed by atoms with van der Waals surface area (Å²) in [5.41, 5.74) is 0.326. The lowest BCUT2D eigenvalue weighted by Gasteiger charge is -2.07. The van der Waals surface area contributed by atoms with Crippen LogP contribution in [0.3, 0.4) is 0 Å². The van der Waals surface area contributed by atoms with E-state index in [1.807, 2.05) is 39.8 Å². The summed E-state index contributed by atoms with van der Waals surface area (Å²) in [6, 6.07) is 3.83. The maximum absolute atomic E-state index is 10.2. The Labute approximate surface area is 131 Å². The van der Waals surface area contributed by atoms with Crippen molar-refractivity contribution in [3.63, 3.8) is 0 Å². The van der Waals surface area contributed by atoms with Crippen LogP contribution in [0.2, 0.25) is 0 Å². The van der Waals surface area contributed by atoms with Gasteiger partial charge in [0.1, 0.15) is 0 Å². The van der Waals surface area contributed by atoms with Crippen LogP contribution in [-0.4, -0.2) is 22.2 Å². The number of hydrogen-bond acceptors (Lipinski definition) is 4. The molecule has 0 bridgehead atoms. The third-order valence-electron chi connectivity index (χ3n) is 2.38. The lowest BCUT2D eigenvalue weighted by molar-refractivity contribution is -0.138. The van der Waals surface area contributed by atoms with Gasteiger partial charge < -0.3 is 10.2 Å². The minimum absolute atomic E-state index is 0.0331. The van der Waals surface area contributed by atoms with E-state index in [1.54, 1.807) is 6.08 Å². The smallest absolute Gasteiger partial charge is 0.308 e. The Bertz CT molecular complexity index is 468. The van der Waals surface area contributed by atoms with Gasteiger partial charge in [-0.2, -0.15) is 10.5 Å². The Balaban J connectivity index is 0. The lowest BCUT2D eigenvalue weighted by Crippen LogP contribution is -2.08. The minimum atomic E-state index is -0.960. The minimum Gasteiger partial charge on any atom is -0.481 e. The van der Waals surface area contributed by atoms with Crippen LogP contribution in [0.4, 0.5) is 0 Å². The van der Waals surface area contributed by atoms with Gasteiger partial charge in [-0.25, -0.2) is 0 Å². The predicted octanol–water partition coefficient (Wildman–Crippen LogP) is 3.21. The van der Waals surface area contributed by atoms with Crippen molar-refractivity contribution in [3.05, 3.63) is 11.6 Å². The third kappa shape index (κ3) is 15.7. The second kappa shape index (κ2) is 12.4. The van der Waals surface area contributed by atoms with Gasteiger partial charge >= 0.3 is 11.9 Å². The molecule has 0 rings (SSSR count). The van der Waals surface area contributed by atoms with E-state index in [4.69, 9.17) is 20.7 Å². The zero-order valence-electron chi connectivity index (χ0n) is 13.5. The Morgan fingerprint density at radius 2 is 1.64 bits per heavy atom. The second-order valence-corrected chi connectivity index (χ2v) is 5.67. The molecule has 0 heterocycles. The second-order valence-electron chi connectivity index (χ2n) is 5.67. The number of carbonyl (C=O) groups is 2. The highest BCUT2D eigenvalue weighted by Crippen LogP contribution is 2.13. The van der Waals surface area contributed by atoms with Gasteiger partial charge in [-0.1, -0.05) is 33.8 Å². The lowest BCUT2D eigenvalue weighted by atomic mass is 9.96. The molecule has 6 nitrogen and oxygen atoms in total. The van der Waals surface area contributed by atoms with Crippen molar-refractivity contribution in [3.8, 4) is 12.1 Å². The average molecular weight is 308 g/mol. The van der Waals surface area contributed by atoms with Gasteiger partial charge in [-0.3, -0.25) is 9.59 Å². The van der Waals surface area contributed by atoms with Gasteiger partial charge in [0.05, 0.1) is 30.9 Å². The molecule has 0 spiro atoms. The molecule has 122 valence electrons. The van der Waals surface area contributed by atoms with E-state index in [0.717, 1.165) is 0 Å². The number of nitriles is 2. The molecule has 6 heteroatoms. The summed E-state index contributed by atoms with van der Waals surface area (Å²) in [6.45, 7) is 7.76. The number of carboxylic acid groups (broad SMARTS) is 2. The van der Waals surface area contributed by atoms with Gasteiger partial charge in [0.2, 0.25) is 0 Å². The van der Waals surface area contributed by atoms with E-state index in [1.165, 1.54) is 0 Å². The molecule has 0 radical (unpaired) electrons. The summed E-state index contributed by atoms with van der Waals surface area (Å²) in [7, 11) is 0. The number of carboxylic acids is 2. The largest absolute Gasteiger partial charge is 0.481 e. The molecule has 0 aromatic rings. The fourth-order valence-corrected chi connectivity index (χ4v) is 1.66. The SMILES string of the molecule is CC(C)C=C(C#N)CC(=O)O.CC(C)C[C@@H](C#N)CC(=O)O. The molecule has 1 atom stereocenters. The summed E-state index contributed by atoms with van der Waals surface area (Å²) >= 11 is 0. The summed E-state index contributed by atoms with van der Waals surface area (Å²) in [6.07, 6.45) is 2.13. The summed E-state index contributed by atoms with van der Waals surface area (Å²) in [4.78, 5) is 20.4. The molecule has 0 aliphatic heterocycles. The summed E-state index contributed by atoms with van der Waals surface area (Å²) in [5.74, 6) is -1.56. The van der Waals surface area contributed by atoms with Gasteiger partial charge in [0, 0.05) is 5.57 Å². The number of hydrogen-bond donors (Lipinski definition) is 2. The first kappa shape index (κ1) is 21.9. The molecule has 22 heavy (non-hydrogen) atoms. The fourth-order valence-electron chi connectivity index (χ4n) is 1.66. The maximum Gasteiger partial charge on any atom is 0.308 e. The summed E-state index contributed by atoms with van der Waals surface area (Å²) in [5, 5.41) is 33.7. The van der Waals surface area contributed by atoms with Gasteiger partial charge in [0.25, 0.3) is 0 Å². The van der Waals surface area contributed by atoms with Gasteiger partial charge in [-0.15, -0.1) is 0 Å². The monoisotopic (exact) mass is 308 g/mol. The zero-order chi connectivity index (χ0) is 17.7. The summed E-state index contributed by atoms with van der Waals surface area (Å²) < 4.78 is 0. The van der Waals surface area contributed by atoms with Crippen LogP contribution in [0.15, 0.2) is 11.6 Å². The van der Waals surface area contributed by atoms with Crippen LogP contribution in [0.25, 0.3) is 0 Å². The molecular formula is C16H24N2O4. The quantitative estimate of drug-likeness (QED) is 0.696. The van der Waals surface area contributed by atoms with Crippen LogP contribution in [-0.2, 0) is 9.59 Å². The molecule has 0 unspecified atom stereocenters. The van der Waals surface area contributed by atoms with Gasteiger partial charge in [0.15, 0.2) is 0 Å². The number of rotatable bonds is 7. The van der Waals surface area contributed by atoms with Crippen molar-refractivity contribution in [2.24, 2.45) is 17.8 Å². The maximum atomic E-state index is 10.2. The Hall–Kier alpha value is -2.34. The van der Waals surface area contributed by atoms with Crippen molar-refractivity contribution in [1.82, 2.24) is 0 Å². The van der Waals surface area contributed by atoms with Crippen molar-refractivity contribution in [1.29, 1.82) is 10.5 Å². The topological polar surface area (TPSA) is 122 Å². The van der Waals surface area contributed by atoms with E-state index < -0.39 is 11.9 Å². The van der Waals surface area contributed by atoms with Crippen molar-refractivity contribution in [2.45, 2.75) is 47.0 Å². The number of nitrogens with zero attached hydrogens (tertiary/aromatic N) is 2. The molecule has 0 saturated carbocycles. The van der Waals surface area contributed by atoms with E-state index in [9.17, 15) is 9.59 Å². The van der Waals surface area contributed by atoms with Crippen molar-refractivity contribution in [2.75, 3.05) is 0 Å². The third-order valence-corrected chi connectivity index (χ3v) is 2.38. The standard InChI is InChI=1S/C8H13NO2.C8H11NO2/c2*1-6(2)3-7(5-9)4-8(10)11/h6-7H,3-4H2,1-2H3,(H,10,11);3,6H,4H2,1-2H3,(H,10,11)/t7-;/m1./s1. The van der Waals surface area contributed by atoms with E-state index in [0.29, 0.717) is 17.9 Å². The van der Waals surface area contributed by atoms with E-state index in [2.05, 4.69) is 0 Å². The van der Waals surface area contributed by atoms with Crippen molar-refractivity contribution >= 4 is 11.9 Å². The normalized spacial score (nSPS) is 11.9. The van der Waals surface area contributed by atoms with E-state index >= 15 is 0 Å². The first-order valence-electron chi connectivity index (χ1n) is 7.06. The highest BCUT2D eigenvalue weighted by atomic mass is 16.4. The number of allylic oxidation sites excluding steroid dienone is 1. The molecule has 2 N–H and O–H groups in total. The Kier molecular flexibility index (Phi) is 12.4. The predicted molar refractivity (Wildman–Crippen MR) is 81.6 cm³/mol. The average Bonchev–Trinajstić information content (AvgIpc) is 2.35. The Morgan fingerprint density at radius 3 is 1.91 bits per heavy atom. The van der Waals surface area contributed by atoms with Crippen LogP contribution >= 0.6 is 0 Å².